The van der Waals surface area contributed by atoms with Crippen LogP contribution < -0.4 is 5.73 Å². The Morgan fingerprint density at radius 1 is 1.12 bits per heavy atom. The van der Waals surface area contributed by atoms with Crippen LogP contribution in [0, 0.1) is 25.2 Å². The molecule has 26 heavy (non-hydrogen) atoms. The standard InChI is InChI=1S/C22H24N4/c1-14-8-22-18(9-16(14)10-23)20(19-11-25-12-21(24)15(19)2)13-26(22)17-6-4-3-5-7-17/h8-9,11-13,17H,3-7,24H2,1-2H3. The van der Waals surface area contributed by atoms with Crippen molar-refractivity contribution in [2.45, 2.75) is 52.0 Å². The van der Waals surface area contributed by atoms with Crippen molar-refractivity contribution in [2.24, 2.45) is 0 Å². The number of fused-ring (bicyclic) bond motifs is 1. The number of nitriles is 1. The fourth-order valence-electron chi connectivity index (χ4n) is 4.21. The van der Waals surface area contributed by atoms with Gasteiger partial charge in [0.1, 0.15) is 0 Å². The SMILES string of the molecule is Cc1cc2c(cc1C#N)c(-c1cncc(N)c1C)cn2C1CCCCC1. The molecule has 0 amide bonds. The van der Waals surface area contributed by atoms with Crippen LogP contribution in [0.5, 0.6) is 0 Å². The van der Waals surface area contributed by atoms with Crippen LogP contribution in [0.2, 0.25) is 0 Å². The Labute approximate surface area is 154 Å². The lowest BCUT2D eigenvalue weighted by Crippen LogP contribution is -2.11. The molecule has 0 atom stereocenters. The Morgan fingerprint density at radius 2 is 1.88 bits per heavy atom. The fourth-order valence-corrected chi connectivity index (χ4v) is 4.21. The van der Waals surface area contributed by atoms with Gasteiger partial charge in [-0.1, -0.05) is 19.3 Å². The number of benzene rings is 1. The number of aryl methyl sites for hydroxylation is 1. The summed E-state index contributed by atoms with van der Waals surface area (Å²) in [5.74, 6) is 0. The van der Waals surface area contributed by atoms with Crippen LogP contribution >= 0.6 is 0 Å². The van der Waals surface area contributed by atoms with Crippen LogP contribution in [-0.4, -0.2) is 9.55 Å². The third-order valence-corrected chi connectivity index (χ3v) is 5.81. The molecule has 0 radical (unpaired) electrons. The molecule has 0 saturated heterocycles. The van der Waals surface area contributed by atoms with Crippen LogP contribution in [0.25, 0.3) is 22.0 Å². The highest BCUT2D eigenvalue weighted by atomic mass is 15.0. The Hall–Kier alpha value is -2.80. The number of pyridine rings is 1. The molecule has 2 aromatic heterocycles. The average molecular weight is 344 g/mol. The Bertz CT molecular complexity index is 1020. The zero-order valence-corrected chi connectivity index (χ0v) is 15.4. The Balaban J connectivity index is 2.00. The molecule has 2 N–H and O–H groups in total. The second kappa shape index (κ2) is 6.49. The van der Waals surface area contributed by atoms with E-state index in [1.54, 1.807) is 6.20 Å². The predicted molar refractivity (Wildman–Crippen MR) is 106 cm³/mol. The Morgan fingerprint density at radius 3 is 2.62 bits per heavy atom. The van der Waals surface area contributed by atoms with Crippen molar-refractivity contribution in [3.8, 4) is 17.2 Å². The van der Waals surface area contributed by atoms with Gasteiger partial charge < -0.3 is 10.3 Å². The lowest BCUT2D eigenvalue weighted by atomic mass is 9.95. The second-order valence-corrected chi connectivity index (χ2v) is 7.44. The quantitative estimate of drug-likeness (QED) is 0.688. The van der Waals surface area contributed by atoms with E-state index < -0.39 is 0 Å². The molecule has 0 bridgehead atoms. The van der Waals surface area contributed by atoms with E-state index in [9.17, 15) is 5.26 Å². The molecule has 4 nitrogen and oxygen atoms in total. The van der Waals surface area contributed by atoms with Gasteiger partial charge in [0.2, 0.25) is 0 Å². The summed E-state index contributed by atoms with van der Waals surface area (Å²) in [6, 6.07) is 7.06. The largest absolute Gasteiger partial charge is 0.397 e. The minimum atomic E-state index is 0.529. The van der Waals surface area contributed by atoms with E-state index >= 15 is 0 Å². The monoisotopic (exact) mass is 344 g/mol. The summed E-state index contributed by atoms with van der Waals surface area (Å²) in [5, 5.41) is 10.6. The van der Waals surface area contributed by atoms with E-state index in [0.717, 1.165) is 33.2 Å². The minimum Gasteiger partial charge on any atom is -0.397 e. The molecule has 4 heteroatoms. The van der Waals surface area contributed by atoms with Crippen molar-refractivity contribution in [1.82, 2.24) is 9.55 Å². The van der Waals surface area contributed by atoms with Gasteiger partial charge in [0.05, 0.1) is 23.5 Å². The first-order valence-corrected chi connectivity index (χ1v) is 9.36. The lowest BCUT2D eigenvalue weighted by molar-refractivity contribution is 0.361. The number of hydrogen-bond acceptors (Lipinski definition) is 3. The minimum absolute atomic E-state index is 0.529. The first-order chi connectivity index (χ1) is 12.6. The van der Waals surface area contributed by atoms with Gasteiger partial charge in [-0.3, -0.25) is 4.98 Å². The molecule has 3 aromatic rings. The molecule has 2 heterocycles. The predicted octanol–water partition coefficient (Wildman–Crippen LogP) is 5.28. The average Bonchev–Trinajstić information content (AvgIpc) is 3.02. The van der Waals surface area contributed by atoms with E-state index in [1.807, 2.05) is 26.1 Å². The third-order valence-electron chi connectivity index (χ3n) is 5.81. The first kappa shape index (κ1) is 16.7. The highest BCUT2D eigenvalue weighted by molar-refractivity contribution is 5.98. The smallest absolute Gasteiger partial charge is 0.0994 e. The fraction of sp³-hybridized carbons (Fsp3) is 0.364. The van der Waals surface area contributed by atoms with Gasteiger partial charge in [0.25, 0.3) is 0 Å². The highest BCUT2D eigenvalue weighted by Gasteiger charge is 2.21. The third kappa shape index (κ3) is 2.64. The maximum Gasteiger partial charge on any atom is 0.0994 e. The van der Waals surface area contributed by atoms with Crippen molar-refractivity contribution in [1.29, 1.82) is 5.26 Å². The van der Waals surface area contributed by atoms with Gasteiger partial charge in [-0.2, -0.15) is 5.26 Å². The molecular weight excluding hydrogens is 320 g/mol. The van der Waals surface area contributed by atoms with Crippen molar-refractivity contribution >= 4 is 16.6 Å². The molecule has 1 fully saturated rings. The van der Waals surface area contributed by atoms with Gasteiger partial charge in [-0.05, 0) is 49.9 Å². The maximum absolute atomic E-state index is 9.50. The van der Waals surface area contributed by atoms with Crippen molar-refractivity contribution in [3.63, 3.8) is 0 Å². The number of nitrogens with two attached hydrogens (primary N) is 1. The van der Waals surface area contributed by atoms with Gasteiger partial charge in [0.15, 0.2) is 0 Å². The summed E-state index contributed by atoms with van der Waals surface area (Å²) in [4.78, 5) is 4.31. The molecule has 0 spiro atoms. The number of aromatic nitrogens is 2. The summed E-state index contributed by atoms with van der Waals surface area (Å²) in [5.41, 5.74) is 13.0. The van der Waals surface area contributed by atoms with Crippen LogP contribution in [0.15, 0.2) is 30.7 Å². The van der Waals surface area contributed by atoms with Crippen LogP contribution in [0.1, 0.15) is 54.8 Å². The second-order valence-electron chi connectivity index (χ2n) is 7.44. The molecule has 0 aliphatic heterocycles. The van der Waals surface area contributed by atoms with E-state index in [0.29, 0.717) is 11.7 Å². The Kier molecular flexibility index (Phi) is 4.16. The zero-order valence-electron chi connectivity index (χ0n) is 15.4. The summed E-state index contributed by atoms with van der Waals surface area (Å²) in [6.45, 7) is 4.05. The van der Waals surface area contributed by atoms with E-state index in [2.05, 4.69) is 27.9 Å². The first-order valence-electron chi connectivity index (χ1n) is 9.36. The normalized spacial score (nSPS) is 15.3. The van der Waals surface area contributed by atoms with Gasteiger partial charge in [-0.25, -0.2) is 0 Å². The van der Waals surface area contributed by atoms with E-state index in [-0.39, 0.29) is 0 Å². The summed E-state index contributed by atoms with van der Waals surface area (Å²) in [7, 11) is 0. The molecule has 1 aliphatic carbocycles. The number of hydrogen-bond donors (Lipinski definition) is 1. The van der Waals surface area contributed by atoms with Gasteiger partial charge in [0, 0.05) is 40.5 Å². The summed E-state index contributed by atoms with van der Waals surface area (Å²) in [6.07, 6.45) is 12.2. The van der Waals surface area contributed by atoms with Crippen molar-refractivity contribution in [3.05, 3.63) is 47.4 Å². The van der Waals surface area contributed by atoms with Crippen LogP contribution in [-0.2, 0) is 0 Å². The molecule has 1 aliphatic rings. The number of anilines is 1. The lowest BCUT2D eigenvalue weighted by Gasteiger charge is -2.24. The molecular formula is C22H24N4. The van der Waals surface area contributed by atoms with Crippen molar-refractivity contribution in [2.75, 3.05) is 5.73 Å². The molecule has 1 aromatic carbocycles. The highest BCUT2D eigenvalue weighted by Crippen LogP contribution is 2.39. The number of nitrogen functional groups attached to an aromatic ring is 1. The molecule has 0 unspecified atom stereocenters. The maximum atomic E-state index is 9.50. The number of nitrogens with zero attached hydrogens (tertiary/aromatic N) is 3. The van der Waals surface area contributed by atoms with E-state index in [1.165, 1.54) is 37.6 Å². The molecule has 1 saturated carbocycles. The summed E-state index contributed by atoms with van der Waals surface area (Å²) >= 11 is 0. The number of rotatable bonds is 2. The van der Waals surface area contributed by atoms with Crippen molar-refractivity contribution < 1.29 is 0 Å². The van der Waals surface area contributed by atoms with Gasteiger partial charge in [-0.15, -0.1) is 0 Å². The van der Waals surface area contributed by atoms with Crippen LogP contribution in [0.3, 0.4) is 0 Å². The van der Waals surface area contributed by atoms with E-state index in [4.69, 9.17) is 5.73 Å². The topological polar surface area (TPSA) is 67.6 Å². The zero-order chi connectivity index (χ0) is 18.3. The van der Waals surface area contributed by atoms with Crippen LogP contribution in [0.4, 0.5) is 5.69 Å². The van der Waals surface area contributed by atoms with Gasteiger partial charge >= 0.3 is 0 Å². The molecule has 4 rings (SSSR count). The molecule has 132 valence electrons. The summed E-state index contributed by atoms with van der Waals surface area (Å²) < 4.78 is 2.43.